The number of para-hydroxylation sites is 2. The predicted molar refractivity (Wildman–Crippen MR) is 102 cm³/mol. The van der Waals surface area contributed by atoms with Crippen LogP contribution >= 0.6 is 0 Å². The van der Waals surface area contributed by atoms with Gasteiger partial charge in [-0.05, 0) is 24.6 Å². The van der Waals surface area contributed by atoms with Crippen LogP contribution in [0.3, 0.4) is 0 Å². The van der Waals surface area contributed by atoms with Crippen molar-refractivity contribution in [2.75, 3.05) is 5.43 Å². The Labute approximate surface area is 150 Å². The van der Waals surface area contributed by atoms with Gasteiger partial charge in [0.2, 0.25) is 0 Å². The van der Waals surface area contributed by atoms with E-state index in [2.05, 4.69) is 43.3 Å². The minimum atomic E-state index is 0.163. The average Bonchev–Trinajstić information content (AvgIpc) is 2.97. The summed E-state index contributed by atoms with van der Waals surface area (Å²) in [5.74, 6) is 0.472. The number of nitrogens with one attached hydrogen (secondary N) is 1. The Hall–Kier alpha value is -3.48. The molecule has 0 aliphatic heterocycles. The smallest absolute Gasteiger partial charge is 0.265 e. The summed E-state index contributed by atoms with van der Waals surface area (Å²) in [7, 11) is 0. The molecular weight excluding hydrogens is 328 g/mol. The third-order valence-electron chi connectivity index (χ3n) is 4.13. The molecular formula is C19H18N6O. The van der Waals surface area contributed by atoms with Crippen LogP contribution in [0.5, 0.6) is 5.75 Å². The van der Waals surface area contributed by atoms with Crippen molar-refractivity contribution in [1.29, 1.82) is 0 Å². The van der Waals surface area contributed by atoms with E-state index in [0.717, 1.165) is 35.0 Å². The van der Waals surface area contributed by atoms with Gasteiger partial charge in [0.1, 0.15) is 11.3 Å². The number of benzene rings is 2. The van der Waals surface area contributed by atoms with Gasteiger partial charge in [0.25, 0.3) is 5.95 Å². The Morgan fingerprint density at radius 2 is 1.92 bits per heavy atom. The molecule has 7 heteroatoms. The van der Waals surface area contributed by atoms with Crippen LogP contribution in [0.2, 0.25) is 0 Å². The van der Waals surface area contributed by atoms with Gasteiger partial charge in [-0.1, -0.05) is 37.3 Å². The molecule has 2 heterocycles. The van der Waals surface area contributed by atoms with E-state index in [1.165, 1.54) is 6.21 Å². The van der Waals surface area contributed by atoms with E-state index in [1.54, 1.807) is 18.2 Å². The number of aryl methyl sites for hydroxylation is 1. The van der Waals surface area contributed by atoms with Crippen LogP contribution in [0.25, 0.3) is 22.1 Å². The van der Waals surface area contributed by atoms with Gasteiger partial charge in [-0.25, -0.2) is 5.43 Å². The van der Waals surface area contributed by atoms with Crippen LogP contribution in [0.4, 0.5) is 5.95 Å². The zero-order valence-corrected chi connectivity index (χ0v) is 14.3. The Balaban J connectivity index is 1.70. The third kappa shape index (κ3) is 2.83. The number of hydrogen-bond donors (Lipinski definition) is 2. The van der Waals surface area contributed by atoms with E-state index in [-0.39, 0.29) is 5.75 Å². The summed E-state index contributed by atoms with van der Waals surface area (Å²) in [6, 6.07) is 15.1. The van der Waals surface area contributed by atoms with Gasteiger partial charge in [-0.15, -0.1) is 10.2 Å². The van der Waals surface area contributed by atoms with E-state index in [1.807, 2.05) is 24.3 Å². The van der Waals surface area contributed by atoms with Crippen molar-refractivity contribution in [2.24, 2.45) is 5.10 Å². The summed E-state index contributed by atoms with van der Waals surface area (Å²) >= 11 is 0. The number of nitrogens with zero attached hydrogens (tertiary/aromatic N) is 5. The zero-order chi connectivity index (χ0) is 17.9. The predicted octanol–water partition coefficient (Wildman–Crippen LogP) is 3.54. The number of phenolic OH excluding ortho intramolecular Hbond substituents is 1. The van der Waals surface area contributed by atoms with Gasteiger partial charge in [-0.3, -0.25) is 0 Å². The summed E-state index contributed by atoms with van der Waals surface area (Å²) < 4.78 is 2.15. The zero-order valence-electron chi connectivity index (χ0n) is 14.3. The van der Waals surface area contributed by atoms with Crippen LogP contribution in [0, 0.1) is 0 Å². The molecule has 4 rings (SSSR count). The lowest BCUT2D eigenvalue weighted by atomic mass is 10.2. The highest BCUT2D eigenvalue weighted by atomic mass is 16.3. The number of aromatic hydroxyl groups is 1. The van der Waals surface area contributed by atoms with Crippen molar-refractivity contribution in [2.45, 2.75) is 19.9 Å². The van der Waals surface area contributed by atoms with Crippen LogP contribution in [0.1, 0.15) is 18.9 Å². The molecule has 4 aromatic rings. The lowest BCUT2D eigenvalue weighted by Gasteiger charge is -2.04. The maximum absolute atomic E-state index is 9.76. The molecule has 0 saturated heterocycles. The molecule has 0 aliphatic carbocycles. The number of fused-ring (bicyclic) bond motifs is 3. The maximum atomic E-state index is 9.76. The first-order valence-corrected chi connectivity index (χ1v) is 8.46. The molecule has 26 heavy (non-hydrogen) atoms. The molecule has 0 amide bonds. The van der Waals surface area contributed by atoms with Crippen molar-refractivity contribution in [3.05, 3.63) is 54.1 Å². The average molecular weight is 346 g/mol. The van der Waals surface area contributed by atoms with Crippen molar-refractivity contribution in [1.82, 2.24) is 19.7 Å². The first-order chi connectivity index (χ1) is 12.8. The number of hydrazone groups is 1. The Kier molecular flexibility index (Phi) is 4.18. The largest absolute Gasteiger partial charge is 0.507 e. The van der Waals surface area contributed by atoms with Crippen molar-refractivity contribution < 1.29 is 5.11 Å². The van der Waals surface area contributed by atoms with Gasteiger partial charge < -0.3 is 9.67 Å². The molecule has 0 atom stereocenters. The van der Waals surface area contributed by atoms with Crippen LogP contribution in [0.15, 0.2) is 53.6 Å². The summed E-state index contributed by atoms with van der Waals surface area (Å²) in [6.45, 7) is 2.98. The molecule has 0 spiro atoms. The standard InChI is InChI=1S/C19H18N6O/c1-2-11-25-15-9-5-4-8-14(15)17-18(25)21-19(24-22-17)23-20-12-13-7-3-6-10-16(13)26/h3-10,12,26H,2,11H2,1H3,(H,21,23,24)/b20-12-. The topological polar surface area (TPSA) is 88.2 Å². The fraction of sp³-hybridized carbons (Fsp3) is 0.158. The number of rotatable bonds is 5. The highest BCUT2D eigenvalue weighted by Crippen LogP contribution is 2.26. The molecule has 0 radical (unpaired) electrons. The van der Waals surface area contributed by atoms with Gasteiger partial charge in [0.05, 0.1) is 11.7 Å². The quantitative estimate of drug-likeness (QED) is 0.426. The molecule has 2 aromatic carbocycles. The van der Waals surface area contributed by atoms with E-state index in [4.69, 9.17) is 0 Å². The number of anilines is 1. The lowest BCUT2D eigenvalue weighted by Crippen LogP contribution is -2.03. The second-order valence-corrected chi connectivity index (χ2v) is 5.91. The SMILES string of the molecule is CCCn1c2ccccc2c2nnc(N/N=C\c3ccccc3O)nc21. The third-order valence-corrected chi connectivity index (χ3v) is 4.13. The summed E-state index contributed by atoms with van der Waals surface area (Å²) in [6.07, 6.45) is 2.51. The van der Waals surface area contributed by atoms with Gasteiger partial charge in [0.15, 0.2) is 5.65 Å². The Morgan fingerprint density at radius 1 is 1.12 bits per heavy atom. The van der Waals surface area contributed by atoms with Crippen LogP contribution in [-0.4, -0.2) is 31.1 Å². The number of aromatic nitrogens is 4. The maximum Gasteiger partial charge on any atom is 0.265 e. The molecule has 2 aromatic heterocycles. The van der Waals surface area contributed by atoms with Gasteiger partial charge in [-0.2, -0.15) is 10.1 Å². The molecule has 0 saturated carbocycles. The lowest BCUT2D eigenvalue weighted by molar-refractivity contribution is 0.474. The summed E-state index contributed by atoms with van der Waals surface area (Å²) in [4.78, 5) is 4.59. The molecule has 130 valence electrons. The second-order valence-electron chi connectivity index (χ2n) is 5.91. The fourth-order valence-corrected chi connectivity index (χ4v) is 2.96. The van der Waals surface area contributed by atoms with Crippen molar-refractivity contribution >= 4 is 34.2 Å². The summed E-state index contributed by atoms with van der Waals surface area (Å²) in [5, 5.41) is 23.4. The normalized spacial score (nSPS) is 11.6. The highest BCUT2D eigenvalue weighted by molar-refractivity contribution is 6.04. The van der Waals surface area contributed by atoms with Gasteiger partial charge in [0, 0.05) is 17.5 Å². The van der Waals surface area contributed by atoms with E-state index >= 15 is 0 Å². The van der Waals surface area contributed by atoms with E-state index in [0.29, 0.717) is 11.5 Å². The molecule has 0 unspecified atom stereocenters. The Morgan fingerprint density at radius 3 is 2.77 bits per heavy atom. The molecule has 7 nitrogen and oxygen atoms in total. The summed E-state index contributed by atoms with van der Waals surface area (Å²) in [5.41, 5.74) is 6.05. The number of hydrogen-bond acceptors (Lipinski definition) is 6. The van der Waals surface area contributed by atoms with Crippen LogP contribution < -0.4 is 5.43 Å². The monoisotopic (exact) mass is 346 g/mol. The first kappa shape index (κ1) is 16.0. The first-order valence-electron chi connectivity index (χ1n) is 8.46. The molecule has 2 N–H and O–H groups in total. The molecule has 0 aliphatic rings. The molecule has 0 bridgehead atoms. The van der Waals surface area contributed by atoms with Crippen molar-refractivity contribution in [3.8, 4) is 5.75 Å². The Bertz CT molecular complexity index is 1100. The fourth-order valence-electron chi connectivity index (χ4n) is 2.96. The van der Waals surface area contributed by atoms with E-state index < -0.39 is 0 Å². The van der Waals surface area contributed by atoms with Crippen molar-refractivity contribution in [3.63, 3.8) is 0 Å². The molecule has 0 fully saturated rings. The number of phenols is 1. The van der Waals surface area contributed by atoms with Gasteiger partial charge >= 0.3 is 0 Å². The highest BCUT2D eigenvalue weighted by Gasteiger charge is 2.13. The second kappa shape index (κ2) is 6.79. The van der Waals surface area contributed by atoms with E-state index in [9.17, 15) is 5.11 Å². The minimum Gasteiger partial charge on any atom is -0.507 e. The minimum absolute atomic E-state index is 0.163. The van der Waals surface area contributed by atoms with Crippen LogP contribution in [-0.2, 0) is 6.54 Å².